The van der Waals surface area contributed by atoms with Gasteiger partial charge in [-0.2, -0.15) is 0 Å². The van der Waals surface area contributed by atoms with Crippen molar-refractivity contribution in [3.05, 3.63) is 53.9 Å². The van der Waals surface area contributed by atoms with Crippen molar-refractivity contribution in [1.29, 1.82) is 0 Å². The van der Waals surface area contributed by atoms with Crippen LogP contribution in [0.25, 0.3) is 0 Å². The third kappa shape index (κ3) is 2.98. The molecule has 0 aliphatic heterocycles. The molecule has 0 amide bonds. The van der Waals surface area contributed by atoms with Gasteiger partial charge in [0, 0.05) is 11.4 Å². The smallest absolute Gasteiger partial charge is 0.0568 e. The van der Waals surface area contributed by atoms with Gasteiger partial charge < -0.3 is 11.1 Å². The predicted molar refractivity (Wildman–Crippen MR) is 61.8 cm³/mol. The average Bonchev–Trinajstić information content (AvgIpc) is 2.18. The summed E-state index contributed by atoms with van der Waals surface area (Å²) in [6.07, 6.45) is 3.92. The van der Waals surface area contributed by atoms with E-state index in [1.807, 2.05) is 56.3 Å². The number of anilines is 1. The minimum Gasteiger partial charge on any atom is -0.401 e. The fourth-order valence-electron chi connectivity index (χ4n) is 1.12. The van der Waals surface area contributed by atoms with Crippen molar-refractivity contribution in [1.82, 2.24) is 0 Å². The van der Waals surface area contributed by atoms with Crippen molar-refractivity contribution in [3.63, 3.8) is 0 Å². The molecule has 0 heterocycles. The Morgan fingerprint density at radius 2 is 1.93 bits per heavy atom. The molecule has 2 nitrogen and oxygen atoms in total. The molecule has 1 aromatic carbocycles. The lowest BCUT2D eigenvalue weighted by molar-refractivity contribution is 1.24. The Labute approximate surface area is 85.1 Å². The summed E-state index contributed by atoms with van der Waals surface area (Å²) < 4.78 is 0. The number of hydrogen-bond donors (Lipinski definition) is 2. The molecule has 0 aromatic heterocycles. The Morgan fingerprint density at radius 1 is 1.29 bits per heavy atom. The molecule has 0 spiro atoms. The largest absolute Gasteiger partial charge is 0.401 e. The van der Waals surface area contributed by atoms with Crippen molar-refractivity contribution in [2.75, 3.05) is 5.32 Å². The van der Waals surface area contributed by atoms with Crippen LogP contribution in [0.4, 0.5) is 5.69 Å². The maximum absolute atomic E-state index is 5.74. The van der Waals surface area contributed by atoms with E-state index in [-0.39, 0.29) is 0 Å². The number of nitrogens with two attached hydrogens (primary N) is 1. The van der Waals surface area contributed by atoms with Gasteiger partial charge in [0.15, 0.2) is 0 Å². The number of rotatable bonds is 3. The Kier molecular flexibility index (Phi) is 3.80. The van der Waals surface area contributed by atoms with Crippen LogP contribution in [-0.4, -0.2) is 0 Å². The molecule has 1 aromatic rings. The summed E-state index contributed by atoms with van der Waals surface area (Å²) in [6.45, 7) is 3.85. The molecule has 0 bridgehead atoms. The van der Waals surface area contributed by atoms with Gasteiger partial charge in [0.1, 0.15) is 0 Å². The van der Waals surface area contributed by atoms with Gasteiger partial charge >= 0.3 is 0 Å². The molecule has 0 saturated carbocycles. The van der Waals surface area contributed by atoms with Gasteiger partial charge in [-0.05, 0) is 32.1 Å². The standard InChI is InChI=1S/C12H16N2/c1-3-7-12(10(2)13)14-11-8-5-4-6-9-11/h3-9,14H,13H2,1-2H3/b7-3-,12-10-. The minimum absolute atomic E-state index is 0.784. The molecule has 0 atom stereocenters. The van der Waals surface area contributed by atoms with Gasteiger partial charge in [0.2, 0.25) is 0 Å². The van der Waals surface area contributed by atoms with Crippen LogP contribution < -0.4 is 11.1 Å². The molecule has 2 heteroatoms. The van der Waals surface area contributed by atoms with Crippen LogP contribution in [0.5, 0.6) is 0 Å². The zero-order valence-corrected chi connectivity index (χ0v) is 8.62. The van der Waals surface area contributed by atoms with Crippen LogP contribution in [0, 0.1) is 0 Å². The highest BCUT2D eigenvalue weighted by Crippen LogP contribution is 2.10. The van der Waals surface area contributed by atoms with E-state index >= 15 is 0 Å². The maximum Gasteiger partial charge on any atom is 0.0568 e. The van der Waals surface area contributed by atoms with Crippen molar-refractivity contribution < 1.29 is 0 Å². The van der Waals surface area contributed by atoms with Crippen LogP contribution in [0.1, 0.15) is 13.8 Å². The molecule has 0 fully saturated rings. The highest BCUT2D eigenvalue weighted by molar-refractivity contribution is 5.51. The van der Waals surface area contributed by atoms with E-state index < -0.39 is 0 Å². The van der Waals surface area contributed by atoms with Crippen LogP contribution in [0.2, 0.25) is 0 Å². The summed E-state index contributed by atoms with van der Waals surface area (Å²) in [6, 6.07) is 9.97. The van der Waals surface area contributed by atoms with E-state index in [9.17, 15) is 0 Å². The van der Waals surface area contributed by atoms with E-state index in [0.29, 0.717) is 0 Å². The van der Waals surface area contributed by atoms with Crippen LogP contribution in [-0.2, 0) is 0 Å². The summed E-state index contributed by atoms with van der Waals surface area (Å²) in [5, 5.41) is 3.25. The van der Waals surface area contributed by atoms with Gasteiger partial charge in [-0.3, -0.25) is 0 Å². The number of allylic oxidation sites excluding steroid dienone is 3. The number of nitrogens with one attached hydrogen (secondary N) is 1. The van der Waals surface area contributed by atoms with E-state index in [4.69, 9.17) is 5.73 Å². The second-order valence-corrected chi connectivity index (χ2v) is 3.09. The first-order chi connectivity index (χ1) is 6.74. The summed E-state index contributed by atoms with van der Waals surface area (Å²) in [5.74, 6) is 0. The van der Waals surface area contributed by atoms with Crippen LogP contribution >= 0.6 is 0 Å². The second-order valence-electron chi connectivity index (χ2n) is 3.09. The summed E-state index contributed by atoms with van der Waals surface area (Å²) >= 11 is 0. The number of benzene rings is 1. The lowest BCUT2D eigenvalue weighted by Crippen LogP contribution is -2.05. The zero-order chi connectivity index (χ0) is 10.4. The SMILES string of the molecule is C/C=C\C(Nc1ccccc1)=C(/C)N. The second kappa shape index (κ2) is 5.12. The Balaban J connectivity index is 2.82. The molecule has 0 saturated heterocycles. The lowest BCUT2D eigenvalue weighted by atomic mass is 10.2. The molecule has 0 aliphatic carbocycles. The molecule has 74 valence electrons. The van der Waals surface area contributed by atoms with Crippen LogP contribution in [0.15, 0.2) is 53.9 Å². The number of hydrogen-bond acceptors (Lipinski definition) is 2. The molecule has 0 unspecified atom stereocenters. The molecule has 3 N–H and O–H groups in total. The topological polar surface area (TPSA) is 38.0 Å². The molecule has 14 heavy (non-hydrogen) atoms. The summed E-state index contributed by atoms with van der Waals surface area (Å²) in [5.41, 5.74) is 8.51. The minimum atomic E-state index is 0.784. The first-order valence-electron chi connectivity index (χ1n) is 4.65. The Bertz CT molecular complexity index is 333. The zero-order valence-electron chi connectivity index (χ0n) is 8.62. The van der Waals surface area contributed by atoms with E-state index in [0.717, 1.165) is 17.1 Å². The third-order valence-corrected chi connectivity index (χ3v) is 1.81. The summed E-state index contributed by atoms with van der Waals surface area (Å²) in [4.78, 5) is 0. The normalized spacial score (nSPS) is 12.7. The monoisotopic (exact) mass is 188 g/mol. The van der Waals surface area contributed by atoms with Gasteiger partial charge in [-0.25, -0.2) is 0 Å². The Morgan fingerprint density at radius 3 is 2.43 bits per heavy atom. The summed E-state index contributed by atoms with van der Waals surface area (Å²) in [7, 11) is 0. The molecule has 1 rings (SSSR count). The quantitative estimate of drug-likeness (QED) is 0.716. The first-order valence-corrected chi connectivity index (χ1v) is 4.65. The first kappa shape index (κ1) is 10.4. The van der Waals surface area contributed by atoms with Crippen molar-refractivity contribution in [2.24, 2.45) is 5.73 Å². The van der Waals surface area contributed by atoms with E-state index in [1.54, 1.807) is 0 Å². The van der Waals surface area contributed by atoms with Crippen molar-refractivity contribution >= 4 is 5.69 Å². The predicted octanol–water partition coefficient (Wildman–Crippen LogP) is 2.86. The molecular formula is C12H16N2. The maximum atomic E-state index is 5.74. The van der Waals surface area contributed by atoms with Crippen molar-refractivity contribution in [2.45, 2.75) is 13.8 Å². The van der Waals surface area contributed by atoms with Crippen LogP contribution in [0.3, 0.4) is 0 Å². The molecule has 0 radical (unpaired) electrons. The van der Waals surface area contributed by atoms with E-state index in [2.05, 4.69) is 5.32 Å². The Hall–Kier alpha value is -1.70. The molecule has 0 aliphatic rings. The highest BCUT2D eigenvalue weighted by atomic mass is 14.9. The fourth-order valence-corrected chi connectivity index (χ4v) is 1.12. The fraction of sp³-hybridized carbons (Fsp3) is 0.167. The van der Waals surface area contributed by atoms with E-state index in [1.165, 1.54) is 0 Å². The molecular weight excluding hydrogens is 172 g/mol. The van der Waals surface area contributed by atoms with Crippen molar-refractivity contribution in [3.8, 4) is 0 Å². The average molecular weight is 188 g/mol. The van der Waals surface area contributed by atoms with Gasteiger partial charge in [-0.15, -0.1) is 0 Å². The highest BCUT2D eigenvalue weighted by Gasteiger charge is 1.95. The lowest BCUT2D eigenvalue weighted by Gasteiger charge is -2.08. The third-order valence-electron chi connectivity index (χ3n) is 1.81. The van der Waals surface area contributed by atoms with Gasteiger partial charge in [-0.1, -0.05) is 24.3 Å². The van der Waals surface area contributed by atoms with Gasteiger partial charge in [0.25, 0.3) is 0 Å². The van der Waals surface area contributed by atoms with Gasteiger partial charge in [0.05, 0.1) is 5.70 Å². The number of para-hydroxylation sites is 1.